The van der Waals surface area contributed by atoms with Gasteiger partial charge in [0.05, 0.1) is 16.9 Å². The molecule has 1 fully saturated rings. The van der Waals surface area contributed by atoms with Crippen molar-refractivity contribution in [3.63, 3.8) is 0 Å². The molecule has 2 heterocycles. The maximum Gasteiger partial charge on any atom is 0.416 e. The van der Waals surface area contributed by atoms with Gasteiger partial charge in [0.15, 0.2) is 0 Å². The molecule has 0 spiro atoms. The van der Waals surface area contributed by atoms with Crippen LogP contribution in [0.2, 0.25) is 0 Å². The number of esters is 1. The number of halogens is 3. The molecule has 2 aliphatic heterocycles. The van der Waals surface area contributed by atoms with E-state index in [0.717, 1.165) is 74.0 Å². The number of benzene rings is 2. The highest BCUT2D eigenvalue weighted by Gasteiger charge is 2.33. The summed E-state index contributed by atoms with van der Waals surface area (Å²) in [6.07, 6.45) is -1.16. The fourth-order valence-electron chi connectivity index (χ4n) is 4.62. The second kappa shape index (κ2) is 12.3. The molecule has 196 valence electrons. The second-order valence-corrected chi connectivity index (χ2v) is 10.3. The standard InChI is InChI=1S/C27H34F3N3O2S/c1-2-3-9-26(34)35-19-18-32-16-14-31(15-17-32)12-6-13-33-22-7-4-5-8-24(22)36-25-11-10-21(20-23(25)33)27(28,29)30/h4-5,7-8,10-11,20H,2-3,6,9,12-19H2,1H3. The summed E-state index contributed by atoms with van der Waals surface area (Å²) in [6.45, 7) is 8.51. The minimum atomic E-state index is -4.37. The number of para-hydroxylation sites is 1. The van der Waals surface area contributed by atoms with Crippen molar-refractivity contribution in [3.8, 4) is 0 Å². The van der Waals surface area contributed by atoms with Gasteiger partial charge in [0, 0.05) is 55.5 Å². The molecule has 0 N–H and O–H groups in total. The summed E-state index contributed by atoms with van der Waals surface area (Å²) in [6, 6.07) is 11.9. The van der Waals surface area contributed by atoms with Crippen molar-refractivity contribution in [2.24, 2.45) is 0 Å². The molecule has 0 radical (unpaired) electrons. The lowest BCUT2D eigenvalue weighted by atomic mass is 10.1. The smallest absolute Gasteiger partial charge is 0.416 e. The number of unbranched alkanes of at least 4 members (excludes halogenated alkanes) is 1. The van der Waals surface area contributed by atoms with Gasteiger partial charge in [-0.15, -0.1) is 0 Å². The fraction of sp³-hybridized carbons (Fsp3) is 0.519. The third kappa shape index (κ3) is 6.95. The highest BCUT2D eigenvalue weighted by atomic mass is 32.2. The van der Waals surface area contributed by atoms with E-state index in [4.69, 9.17) is 4.74 Å². The van der Waals surface area contributed by atoms with E-state index in [-0.39, 0.29) is 5.97 Å². The summed E-state index contributed by atoms with van der Waals surface area (Å²) in [5.41, 5.74) is 0.984. The third-order valence-electron chi connectivity index (χ3n) is 6.68. The molecule has 0 aromatic heterocycles. The summed E-state index contributed by atoms with van der Waals surface area (Å²) in [4.78, 5) is 20.3. The number of anilines is 2. The lowest BCUT2D eigenvalue weighted by Gasteiger charge is -2.36. The van der Waals surface area contributed by atoms with E-state index in [1.165, 1.54) is 23.9 Å². The maximum absolute atomic E-state index is 13.4. The highest BCUT2D eigenvalue weighted by molar-refractivity contribution is 7.99. The van der Waals surface area contributed by atoms with Crippen LogP contribution in [0, 0.1) is 0 Å². The maximum atomic E-state index is 13.4. The van der Waals surface area contributed by atoms with Crippen molar-refractivity contribution in [2.75, 3.05) is 57.3 Å². The molecule has 0 bridgehead atoms. The molecule has 9 heteroatoms. The van der Waals surface area contributed by atoms with Gasteiger partial charge in [-0.3, -0.25) is 9.69 Å². The van der Waals surface area contributed by atoms with Gasteiger partial charge in [-0.2, -0.15) is 13.2 Å². The molecule has 36 heavy (non-hydrogen) atoms. The molecule has 0 saturated carbocycles. The van der Waals surface area contributed by atoms with E-state index >= 15 is 0 Å². The van der Waals surface area contributed by atoms with E-state index < -0.39 is 11.7 Å². The summed E-state index contributed by atoms with van der Waals surface area (Å²) in [5, 5.41) is 0. The summed E-state index contributed by atoms with van der Waals surface area (Å²) < 4.78 is 45.6. The lowest BCUT2D eigenvalue weighted by Crippen LogP contribution is -2.47. The molecule has 2 aromatic rings. The summed E-state index contributed by atoms with van der Waals surface area (Å²) in [7, 11) is 0. The van der Waals surface area contributed by atoms with Gasteiger partial charge >= 0.3 is 12.1 Å². The fourth-order valence-corrected chi connectivity index (χ4v) is 5.69. The van der Waals surface area contributed by atoms with Crippen molar-refractivity contribution in [3.05, 3.63) is 48.0 Å². The number of ether oxygens (including phenoxy) is 1. The van der Waals surface area contributed by atoms with E-state index in [1.54, 1.807) is 6.07 Å². The number of rotatable bonds is 10. The Labute approximate surface area is 215 Å². The Morgan fingerprint density at radius 1 is 0.917 bits per heavy atom. The SMILES string of the molecule is CCCCC(=O)OCCN1CCN(CCCN2c3ccccc3Sc3ccc(C(F)(F)F)cc32)CC1. The van der Waals surface area contributed by atoms with E-state index in [1.807, 2.05) is 29.2 Å². The molecule has 0 amide bonds. The first-order valence-corrected chi connectivity index (χ1v) is 13.5. The first-order valence-electron chi connectivity index (χ1n) is 12.7. The molecule has 2 aromatic carbocycles. The predicted molar refractivity (Wildman–Crippen MR) is 137 cm³/mol. The molecule has 0 atom stereocenters. The Kier molecular flexibility index (Phi) is 9.19. The van der Waals surface area contributed by atoms with Gasteiger partial charge in [-0.05, 0) is 49.7 Å². The highest BCUT2D eigenvalue weighted by Crippen LogP contribution is 2.49. The average Bonchev–Trinajstić information content (AvgIpc) is 2.87. The van der Waals surface area contributed by atoms with Crippen LogP contribution in [-0.2, 0) is 15.7 Å². The van der Waals surface area contributed by atoms with Gasteiger partial charge < -0.3 is 14.5 Å². The zero-order valence-corrected chi connectivity index (χ0v) is 21.5. The van der Waals surface area contributed by atoms with Gasteiger partial charge in [0.2, 0.25) is 0 Å². The molecule has 1 saturated heterocycles. The Balaban J connectivity index is 1.28. The van der Waals surface area contributed by atoms with Crippen LogP contribution < -0.4 is 4.90 Å². The van der Waals surface area contributed by atoms with Crippen LogP contribution in [0.15, 0.2) is 52.3 Å². The van der Waals surface area contributed by atoms with Crippen LogP contribution >= 0.6 is 11.8 Å². The van der Waals surface area contributed by atoms with Crippen LogP contribution in [0.3, 0.4) is 0 Å². The minimum Gasteiger partial charge on any atom is -0.464 e. The van der Waals surface area contributed by atoms with E-state index in [9.17, 15) is 18.0 Å². The Morgan fingerprint density at radius 3 is 2.33 bits per heavy atom. The van der Waals surface area contributed by atoms with Crippen molar-refractivity contribution in [1.29, 1.82) is 0 Å². The molecular weight excluding hydrogens is 487 g/mol. The average molecular weight is 522 g/mol. The zero-order chi connectivity index (χ0) is 25.5. The molecule has 5 nitrogen and oxygen atoms in total. The summed E-state index contributed by atoms with van der Waals surface area (Å²) >= 11 is 1.52. The third-order valence-corrected chi connectivity index (χ3v) is 7.81. The second-order valence-electron chi connectivity index (χ2n) is 9.26. The van der Waals surface area contributed by atoms with Crippen molar-refractivity contribution < 1.29 is 22.7 Å². The number of hydrogen-bond donors (Lipinski definition) is 0. The number of piperazine rings is 1. The number of alkyl halides is 3. The Morgan fingerprint density at radius 2 is 1.61 bits per heavy atom. The minimum absolute atomic E-state index is 0.114. The topological polar surface area (TPSA) is 36.0 Å². The van der Waals surface area contributed by atoms with Crippen LogP contribution in [0.4, 0.5) is 24.5 Å². The quantitative estimate of drug-likeness (QED) is 0.354. The van der Waals surface area contributed by atoms with E-state index in [0.29, 0.717) is 25.3 Å². The normalized spacial score (nSPS) is 16.5. The van der Waals surface area contributed by atoms with E-state index in [2.05, 4.69) is 16.7 Å². The number of fused-ring (bicyclic) bond motifs is 2. The number of carbonyl (C=O) groups is 1. The molecular formula is C27H34F3N3O2S. The number of nitrogens with zero attached hydrogens (tertiary/aromatic N) is 3. The monoisotopic (exact) mass is 521 g/mol. The van der Waals surface area contributed by atoms with Crippen LogP contribution in [-0.4, -0.2) is 68.2 Å². The summed E-state index contributed by atoms with van der Waals surface area (Å²) in [5.74, 6) is -0.114. The van der Waals surface area contributed by atoms with Crippen LogP contribution in [0.25, 0.3) is 0 Å². The van der Waals surface area contributed by atoms with Gasteiger partial charge in [-0.1, -0.05) is 37.2 Å². The lowest BCUT2D eigenvalue weighted by molar-refractivity contribution is -0.144. The van der Waals surface area contributed by atoms with Crippen molar-refractivity contribution in [1.82, 2.24) is 9.80 Å². The molecule has 2 aliphatic rings. The van der Waals surface area contributed by atoms with Gasteiger partial charge in [-0.25, -0.2) is 0 Å². The van der Waals surface area contributed by atoms with Crippen LogP contribution in [0.5, 0.6) is 0 Å². The molecule has 4 rings (SSSR count). The number of carbonyl (C=O) groups excluding carboxylic acids is 1. The Bertz CT molecular complexity index is 1030. The Hall–Kier alpha value is -2.23. The van der Waals surface area contributed by atoms with Crippen LogP contribution in [0.1, 0.15) is 38.2 Å². The molecule has 0 unspecified atom stereocenters. The van der Waals surface area contributed by atoms with Crippen molar-refractivity contribution >= 4 is 29.1 Å². The number of hydrogen-bond acceptors (Lipinski definition) is 6. The first-order chi connectivity index (χ1) is 17.3. The van der Waals surface area contributed by atoms with Crippen molar-refractivity contribution in [2.45, 2.75) is 48.6 Å². The zero-order valence-electron chi connectivity index (χ0n) is 20.7. The van der Waals surface area contributed by atoms with Gasteiger partial charge in [0.25, 0.3) is 0 Å². The first kappa shape index (κ1) is 26.8. The predicted octanol–water partition coefficient (Wildman–Crippen LogP) is 6.05. The molecule has 0 aliphatic carbocycles. The largest absolute Gasteiger partial charge is 0.464 e. The van der Waals surface area contributed by atoms with Gasteiger partial charge in [0.1, 0.15) is 6.61 Å².